The van der Waals surface area contributed by atoms with Crippen molar-refractivity contribution >= 4 is 23.4 Å². The summed E-state index contributed by atoms with van der Waals surface area (Å²) in [5, 5.41) is 0.777. The van der Waals surface area contributed by atoms with Crippen LogP contribution in [0.25, 0.3) is 0 Å². The van der Waals surface area contributed by atoms with E-state index in [0.29, 0.717) is 5.92 Å². The zero-order chi connectivity index (χ0) is 13.9. The normalized spacial score (nSPS) is 18.8. The van der Waals surface area contributed by atoms with Gasteiger partial charge in [0.25, 0.3) is 0 Å². The molecule has 2 aromatic rings. The van der Waals surface area contributed by atoms with Crippen LogP contribution in [-0.2, 0) is 6.42 Å². The van der Waals surface area contributed by atoms with Crippen molar-refractivity contribution in [1.82, 2.24) is 5.43 Å². The van der Waals surface area contributed by atoms with Crippen LogP contribution < -0.4 is 11.3 Å². The second-order valence-corrected chi connectivity index (χ2v) is 6.56. The third-order valence-electron chi connectivity index (χ3n) is 3.78. The van der Waals surface area contributed by atoms with Gasteiger partial charge in [0.1, 0.15) is 0 Å². The number of hydrazine groups is 1. The van der Waals surface area contributed by atoms with Gasteiger partial charge in [-0.15, -0.1) is 11.8 Å². The van der Waals surface area contributed by atoms with Gasteiger partial charge < -0.3 is 0 Å². The lowest BCUT2D eigenvalue weighted by Gasteiger charge is -2.23. The summed E-state index contributed by atoms with van der Waals surface area (Å²) in [6.45, 7) is 0. The molecule has 1 heterocycles. The van der Waals surface area contributed by atoms with E-state index in [1.54, 1.807) is 0 Å². The summed E-state index contributed by atoms with van der Waals surface area (Å²) in [4.78, 5) is 1.38. The van der Waals surface area contributed by atoms with Crippen molar-refractivity contribution in [1.29, 1.82) is 0 Å². The molecular weight excluding hydrogens is 288 g/mol. The highest BCUT2D eigenvalue weighted by Gasteiger charge is 2.29. The van der Waals surface area contributed by atoms with Gasteiger partial charge in [0.2, 0.25) is 0 Å². The van der Waals surface area contributed by atoms with Crippen LogP contribution in [0.3, 0.4) is 0 Å². The number of halogens is 1. The number of thioether (sulfide) groups is 1. The van der Waals surface area contributed by atoms with Crippen molar-refractivity contribution in [2.75, 3.05) is 5.75 Å². The van der Waals surface area contributed by atoms with Crippen LogP contribution in [0.1, 0.15) is 17.0 Å². The Morgan fingerprint density at radius 3 is 2.90 bits per heavy atom. The number of nitrogens with one attached hydrogen (secondary N) is 1. The summed E-state index contributed by atoms with van der Waals surface area (Å²) >= 11 is 7.97. The standard InChI is InChI=1S/C16H17ClN2S/c17-12-5-3-4-11(8-12)9-15(19-18)14-10-20-16-7-2-1-6-13(14)16/h1-8,14-15,19H,9-10,18H2. The van der Waals surface area contributed by atoms with Crippen molar-refractivity contribution in [3.05, 3.63) is 64.7 Å². The number of rotatable bonds is 4. The molecule has 0 aliphatic carbocycles. The van der Waals surface area contributed by atoms with Gasteiger partial charge in [0, 0.05) is 27.6 Å². The highest BCUT2D eigenvalue weighted by Crippen LogP contribution is 2.41. The molecule has 1 aliphatic rings. The first-order chi connectivity index (χ1) is 9.78. The van der Waals surface area contributed by atoms with E-state index in [1.807, 2.05) is 30.0 Å². The molecule has 2 atom stereocenters. The van der Waals surface area contributed by atoms with Crippen molar-refractivity contribution in [2.24, 2.45) is 5.84 Å². The molecule has 4 heteroatoms. The van der Waals surface area contributed by atoms with E-state index in [4.69, 9.17) is 17.4 Å². The Balaban J connectivity index is 1.81. The van der Waals surface area contributed by atoms with Crippen LogP contribution in [0.5, 0.6) is 0 Å². The number of benzene rings is 2. The molecule has 2 unspecified atom stereocenters. The van der Waals surface area contributed by atoms with Gasteiger partial charge in [-0.2, -0.15) is 0 Å². The third-order valence-corrected chi connectivity index (χ3v) is 5.22. The molecule has 0 amide bonds. The van der Waals surface area contributed by atoms with E-state index in [0.717, 1.165) is 17.2 Å². The SMILES string of the molecule is NNC(Cc1cccc(Cl)c1)C1CSc2ccccc21. The molecular formula is C16H17ClN2S. The minimum absolute atomic E-state index is 0.226. The molecule has 0 bridgehead atoms. The Morgan fingerprint density at radius 2 is 2.10 bits per heavy atom. The Hall–Kier alpha value is -1.00. The number of fused-ring (bicyclic) bond motifs is 1. The molecule has 0 spiro atoms. The lowest BCUT2D eigenvalue weighted by atomic mass is 9.89. The summed E-state index contributed by atoms with van der Waals surface area (Å²) in [5.41, 5.74) is 5.62. The molecule has 0 aromatic heterocycles. The monoisotopic (exact) mass is 304 g/mol. The smallest absolute Gasteiger partial charge is 0.0408 e. The van der Waals surface area contributed by atoms with E-state index in [9.17, 15) is 0 Å². The van der Waals surface area contributed by atoms with Crippen LogP contribution in [0.4, 0.5) is 0 Å². The molecule has 0 radical (unpaired) electrons. The predicted molar refractivity (Wildman–Crippen MR) is 86.2 cm³/mol. The molecule has 0 fully saturated rings. The van der Waals surface area contributed by atoms with E-state index in [2.05, 4.69) is 35.8 Å². The van der Waals surface area contributed by atoms with Crippen LogP contribution in [-0.4, -0.2) is 11.8 Å². The van der Waals surface area contributed by atoms with Crippen molar-refractivity contribution in [2.45, 2.75) is 23.3 Å². The van der Waals surface area contributed by atoms with Crippen LogP contribution in [0.2, 0.25) is 5.02 Å². The summed E-state index contributed by atoms with van der Waals surface area (Å²) in [6, 6.07) is 16.8. The van der Waals surface area contributed by atoms with Gasteiger partial charge in [-0.1, -0.05) is 41.9 Å². The molecule has 0 saturated carbocycles. The zero-order valence-electron chi connectivity index (χ0n) is 11.1. The Kier molecular flexibility index (Phi) is 4.32. The van der Waals surface area contributed by atoms with Crippen LogP contribution in [0, 0.1) is 0 Å². The summed E-state index contributed by atoms with van der Waals surface area (Å²) < 4.78 is 0. The van der Waals surface area contributed by atoms with E-state index >= 15 is 0 Å². The summed E-state index contributed by atoms with van der Waals surface area (Å²) in [6.07, 6.45) is 0.886. The van der Waals surface area contributed by atoms with Gasteiger partial charge in [0.05, 0.1) is 0 Å². The fraction of sp³-hybridized carbons (Fsp3) is 0.250. The Morgan fingerprint density at radius 1 is 1.25 bits per heavy atom. The zero-order valence-corrected chi connectivity index (χ0v) is 12.6. The maximum Gasteiger partial charge on any atom is 0.0408 e. The molecule has 1 aliphatic heterocycles. The Bertz CT molecular complexity index is 603. The van der Waals surface area contributed by atoms with Crippen molar-refractivity contribution in [3.63, 3.8) is 0 Å². The molecule has 20 heavy (non-hydrogen) atoms. The molecule has 2 aromatic carbocycles. The topological polar surface area (TPSA) is 38.0 Å². The second kappa shape index (κ2) is 6.19. The first-order valence-corrected chi connectivity index (χ1v) is 8.06. The second-order valence-electron chi connectivity index (χ2n) is 5.06. The molecule has 2 nitrogen and oxygen atoms in total. The van der Waals surface area contributed by atoms with E-state index in [-0.39, 0.29) is 6.04 Å². The highest BCUT2D eigenvalue weighted by molar-refractivity contribution is 7.99. The maximum absolute atomic E-state index is 6.06. The van der Waals surface area contributed by atoms with Gasteiger partial charge in [-0.25, -0.2) is 0 Å². The first-order valence-electron chi connectivity index (χ1n) is 6.70. The third kappa shape index (κ3) is 2.86. The maximum atomic E-state index is 6.06. The lowest BCUT2D eigenvalue weighted by Crippen LogP contribution is -2.41. The minimum Gasteiger partial charge on any atom is -0.271 e. The first kappa shape index (κ1) is 14.0. The summed E-state index contributed by atoms with van der Waals surface area (Å²) in [7, 11) is 0. The number of nitrogens with two attached hydrogens (primary N) is 1. The predicted octanol–water partition coefficient (Wildman–Crippen LogP) is 3.60. The molecule has 3 rings (SSSR count). The molecule has 3 N–H and O–H groups in total. The van der Waals surface area contributed by atoms with E-state index < -0.39 is 0 Å². The largest absolute Gasteiger partial charge is 0.271 e. The average Bonchev–Trinajstić information content (AvgIpc) is 2.89. The van der Waals surface area contributed by atoms with Gasteiger partial charge in [0.15, 0.2) is 0 Å². The average molecular weight is 305 g/mol. The molecule has 0 saturated heterocycles. The quantitative estimate of drug-likeness (QED) is 0.669. The van der Waals surface area contributed by atoms with E-state index in [1.165, 1.54) is 16.0 Å². The van der Waals surface area contributed by atoms with Crippen LogP contribution >= 0.6 is 23.4 Å². The highest BCUT2D eigenvalue weighted by atomic mass is 35.5. The fourth-order valence-electron chi connectivity index (χ4n) is 2.76. The van der Waals surface area contributed by atoms with Gasteiger partial charge in [-0.3, -0.25) is 11.3 Å². The lowest BCUT2D eigenvalue weighted by molar-refractivity contribution is 0.463. The summed E-state index contributed by atoms with van der Waals surface area (Å²) in [5.74, 6) is 7.33. The molecule has 104 valence electrons. The number of hydrogen-bond donors (Lipinski definition) is 2. The van der Waals surface area contributed by atoms with Crippen molar-refractivity contribution in [3.8, 4) is 0 Å². The fourth-order valence-corrected chi connectivity index (χ4v) is 4.30. The van der Waals surface area contributed by atoms with Gasteiger partial charge >= 0.3 is 0 Å². The Labute approximate surface area is 128 Å². The van der Waals surface area contributed by atoms with Crippen LogP contribution in [0.15, 0.2) is 53.4 Å². The number of hydrogen-bond acceptors (Lipinski definition) is 3. The van der Waals surface area contributed by atoms with Gasteiger partial charge in [-0.05, 0) is 35.7 Å². The van der Waals surface area contributed by atoms with Crippen molar-refractivity contribution < 1.29 is 0 Å². The minimum atomic E-state index is 0.226.